The molecule has 1 heterocycles. The summed E-state index contributed by atoms with van der Waals surface area (Å²) in [5.74, 6) is 2.60. The molecule has 45 heavy (non-hydrogen) atoms. The van der Waals surface area contributed by atoms with E-state index in [-0.39, 0.29) is 5.75 Å². The van der Waals surface area contributed by atoms with Crippen LogP contribution in [0.1, 0.15) is 33.1 Å². The Morgan fingerprint density at radius 3 is 1.53 bits per heavy atom. The first-order chi connectivity index (χ1) is 22.1. The lowest BCUT2D eigenvalue weighted by Crippen LogP contribution is -2.08. The van der Waals surface area contributed by atoms with Crippen molar-refractivity contribution in [3.05, 3.63) is 127 Å². The van der Waals surface area contributed by atoms with Gasteiger partial charge in [0, 0.05) is 17.2 Å². The minimum atomic E-state index is 0.0654. The van der Waals surface area contributed by atoms with Gasteiger partial charge < -0.3 is 9.84 Å². The Bertz CT molecular complexity index is 1740. The Labute approximate surface area is 265 Å². The topological polar surface area (TPSA) is 68.1 Å². The van der Waals surface area contributed by atoms with Crippen LogP contribution in [0.3, 0.4) is 0 Å². The number of phenols is 1. The van der Waals surface area contributed by atoms with Crippen molar-refractivity contribution in [1.82, 2.24) is 15.0 Å². The van der Waals surface area contributed by atoms with Crippen LogP contribution in [0.2, 0.25) is 0 Å². The molecule has 0 aliphatic rings. The third-order valence-electron chi connectivity index (χ3n) is 7.93. The fourth-order valence-electron chi connectivity index (χ4n) is 5.30. The van der Waals surface area contributed by atoms with E-state index >= 15 is 0 Å². The summed E-state index contributed by atoms with van der Waals surface area (Å²) in [5.41, 5.74) is 6.76. The number of hydrogen-bond donors (Lipinski definition) is 1. The van der Waals surface area contributed by atoms with Crippen LogP contribution >= 0.6 is 0 Å². The molecule has 1 atom stereocenters. The van der Waals surface area contributed by atoms with Gasteiger partial charge in [0.05, 0.1) is 12.2 Å². The summed E-state index contributed by atoms with van der Waals surface area (Å²) in [5, 5.41) is 11.1. The number of aromatic nitrogens is 3. The summed E-state index contributed by atoms with van der Waals surface area (Å²) in [6, 6.07) is 42.3. The van der Waals surface area contributed by atoms with Crippen LogP contribution in [-0.2, 0) is 0 Å². The van der Waals surface area contributed by atoms with E-state index in [4.69, 9.17) is 19.7 Å². The first kappa shape index (κ1) is 29.8. The van der Waals surface area contributed by atoms with Gasteiger partial charge in [-0.2, -0.15) is 0 Å². The number of aromatic hydroxyl groups is 1. The van der Waals surface area contributed by atoms with Gasteiger partial charge in [-0.05, 0) is 46.7 Å². The average Bonchev–Trinajstić information content (AvgIpc) is 3.10. The molecule has 6 rings (SSSR count). The van der Waals surface area contributed by atoms with E-state index < -0.39 is 0 Å². The van der Waals surface area contributed by atoms with E-state index in [1.807, 2.05) is 72.8 Å². The lowest BCUT2D eigenvalue weighted by atomic mass is 10.0. The van der Waals surface area contributed by atoms with E-state index in [0.29, 0.717) is 41.3 Å². The Hall–Kier alpha value is -5.29. The molecule has 1 aromatic heterocycles. The quantitative estimate of drug-likeness (QED) is 0.162. The molecule has 0 saturated carbocycles. The zero-order chi connectivity index (χ0) is 31.0. The maximum atomic E-state index is 11.1. The minimum Gasteiger partial charge on any atom is -0.507 e. The molecule has 0 amide bonds. The number of nitrogens with zero attached hydrogens (tertiary/aromatic N) is 3. The number of rotatable bonds is 11. The number of hydrogen-bond acceptors (Lipinski definition) is 5. The highest BCUT2D eigenvalue weighted by Gasteiger charge is 2.16. The van der Waals surface area contributed by atoms with Crippen molar-refractivity contribution in [2.45, 2.75) is 33.1 Å². The molecule has 6 aromatic rings. The van der Waals surface area contributed by atoms with Crippen LogP contribution in [0.5, 0.6) is 11.5 Å². The summed E-state index contributed by atoms with van der Waals surface area (Å²) in [6.07, 6.45) is 3.47. The lowest BCUT2D eigenvalue weighted by Gasteiger charge is -2.14. The molecular formula is C40H37N3O2. The van der Waals surface area contributed by atoms with E-state index in [9.17, 15) is 5.11 Å². The monoisotopic (exact) mass is 591 g/mol. The van der Waals surface area contributed by atoms with Crippen molar-refractivity contribution in [3.63, 3.8) is 0 Å². The average molecular weight is 592 g/mol. The normalized spacial score (nSPS) is 11.7. The Morgan fingerprint density at radius 1 is 0.578 bits per heavy atom. The molecule has 1 N–H and O–H groups in total. The van der Waals surface area contributed by atoms with Gasteiger partial charge in [-0.25, -0.2) is 15.0 Å². The van der Waals surface area contributed by atoms with E-state index in [1.54, 1.807) is 6.07 Å². The minimum absolute atomic E-state index is 0.0654. The largest absolute Gasteiger partial charge is 0.507 e. The lowest BCUT2D eigenvalue weighted by molar-refractivity contribution is 0.249. The third kappa shape index (κ3) is 7.27. The summed E-state index contributed by atoms with van der Waals surface area (Å²) >= 11 is 0. The van der Waals surface area contributed by atoms with Gasteiger partial charge in [0.25, 0.3) is 0 Å². The zero-order valence-corrected chi connectivity index (χ0v) is 25.7. The first-order valence-electron chi connectivity index (χ1n) is 15.6. The van der Waals surface area contributed by atoms with Gasteiger partial charge >= 0.3 is 0 Å². The van der Waals surface area contributed by atoms with Gasteiger partial charge in [-0.15, -0.1) is 0 Å². The van der Waals surface area contributed by atoms with Gasteiger partial charge in [0.2, 0.25) is 0 Å². The van der Waals surface area contributed by atoms with Crippen LogP contribution < -0.4 is 4.74 Å². The van der Waals surface area contributed by atoms with Crippen molar-refractivity contribution in [3.8, 4) is 67.9 Å². The predicted octanol–water partition coefficient (Wildman–Crippen LogP) is 10.1. The number of benzene rings is 5. The van der Waals surface area contributed by atoms with Crippen molar-refractivity contribution in [2.75, 3.05) is 6.61 Å². The second-order valence-electron chi connectivity index (χ2n) is 11.4. The molecule has 0 bridgehead atoms. The van der Waals surface area contributed by atoms with Crippen LogP contribution in [-0.4, -0.2) is 26.7 Å². The van der Waals surface area contributed by atoms with Gasteiger partial charge in [-0.1, -0.05) is 136 Å². The number of ether oxygens (including phenoxy) is 1. The van der Waals surface area contributed by atoms with Crippen LogP contribution in [0.25, 0.3) is 56.4 Å². The molecule has 5 nitrogen and oxygen atoms in total. The Kier molecular flexibility index (Phi) is 9.26. The van der Waals surface area contributed by atoms with Gasteiger partial charge in [0.15, 0.2) is 17.5 Å². The molecule has 0 aliphatic carbocycles. The van der Waals surface area contributed by atoms with E-state index in [0.717, 1.165) is 39.8 Å². The second kappa shape index (κ2) is 14.0. The molecule has 5 heteroatoms. The number of phenolic OH excluding ortho intramolecular Hbond substituents is 1. The number of unbranched alkanes of at least 4 members (excludes halogenated alkanes) is 1. The van der Waals surface area contributed by atoms with Crippen LogP contribution in [0.4, 0.5) is 0 Å². The molecule has 0 saturated heterocycles. The maximum absolute atomic E-state index is 11.1. The summed E-state index contributed by atoms with van der Waals surface area (Å²) in [7, 11) is 0. The molecule has 0 spiro atoms. The predicted molar refractivity (Wildman–Crippen MR) is 183 cm³/mol. The third-order valence-corrected chi connectivity index (χ3v) is 7.93. The van der Waals surface area contributed by atoms with E-state index in [2.05, 4.69) is 62.4 Å². The van der Waals surface area contributed by atoms with Crippen molar-refractivity contribution < 1.29 is 9.84 Å². The molecule has 0 fully saturated rings. The summed E-state index contributed by atoms with van der Waals surface area (Å²) in [4.78, 5) is 14.6. The Morgan fingerprint density at radius 2 is 1.04 bits per heavy atom. The molecule has 1 unspecified atom stereocenters. The highest BCUT2D eigenvalue weighted by atomic mass is 16.5. The first-order valence-corrected chi connectivity index (χ1v) is 15.6. The van der Waals surface area contributed by atoms with Crippen molar-refractivity contribution >= 4 is 0 Å². The van der Waals surface area contributed by atoms with Gasteiger partial charge in [0.1, 0.15) is 11.5 Å². The fraction of sp³-hybridized carbons (Fsp3) is 0.175. The molecule has 5 aromatic carbocycles. The van der Waals surface area contributed by atoms with E-state index in [1.165, 1.54) is 12.8 Å². The fourth-order valence-corrected chi connectivity index (χ4v) is 5.30. The highest BCUT2D eigenvalue weighted by molar-refractivity contribution is 5.73. The summed E-state index contributed by atoms with van der Waals surface area (Å²) < 4.78 is 6.00. The van der Waals surface area contributed by atoms with Crippen LogP contribution in [0.15, 0.2) is 127 Å². The van der Waals surface area contributed by atoms with Gasteiger partial charge in [-0.3, -0.25) is 0 Å². The molecule has 224 valence electrons. The smallest absolute Gasteiger partial charge is 0.167 e. The maximum Gasteiger partial charge on any atom is 0.167 e. The van der Waals surface area contributed by atoms with Crippen LogP contribution in [0, 0.1) is 5.92 Å². The zero-order valence-electron chi connectivity index (χ0n) is 25.7. The second-order valence-corrected chi connectivity index (χ2v) is 11.4. The van der Waals surface area contributed by atoms with Crippen molar-refractivity contribution in [1.29, 1.82) is 0 Å². The standard InChI is InChI=1S/C40H37N3O2/c1-3-4-11-28(2)27-45-35-24-25-36(37(44)26-35)40-42-38(33-20-16-31(17-21-33)29-12-7-5-8-13-29)41-39(43-40)34-22-18-32(19-23-34)30-14-9-6-10-15-30/h5-10,12-26,28,44H,3-4,11,27H2,1-2H3. The molecule has 0 radical (unpaired) electrons. The molecule has 0 aliphatic heterocycles. The van der Waals surface area contributed by atoms with Crippen molar-refractivity contribution in [2.24, 2.45) is 5.92 Å². The summed E-state index contributed by atoms with van der Waals surface area (Å²) in [6.45, 7) is 5.00. The highest BCUT2D eigenvalue weighted by Crippen LogP contribution is 2.34. The molecular weight excluding hydrogens is 554 g/mol. The SMILES string of the molecule is CCCCC(C)COc1ccc(-c2nc(-c3ccc(-c4ccccc4)cc3)nc(-c3ccc(-c4ccccc4)cc3)n2)c(O)c1. The Balaban J connectivity index is 1.35.